The molecule has 2 atom stereocenters. The molecule has 166 valence electrons. The van der Waals surface area contributed by atoms with Crippen molar-refractivity contribution in [3.63, 3.8) is 0 Å². The summed E-state index contributed by atoms with van der Waals surface area (Å²) in [6.07, 6.45) is -0.129. The molecule has 9 heteroatoms. The average molecular weight is 444 g/mol. The standard InChI is InChI=1S/C23H19F3N2O4/c1-27-7-12-3-2-11(4-13(12)8-27)19-17(26)5-14-20(22(19)32-10-24)28(18-6-16(18)25)9-15(21(14)29)23(30)31/h2-5,9,16,18H,6-8,10H2,1H3,(H,30,31)/t16-,18+/m0/s1. The molecule has 2 heterocycles. The van der Waals surface area contributed by atoms with Crippen LogP contribution in [-0.2, 0) is 13.1 Å². The van der Waals surface area contributed by atoms with Crippen molar-refractivity contribution in [2.24, 2.45) is 0 Å². The molecule has 32 heavy (non-hydrogen) atoms. The molecule has 0 saturated heterocycles. The fraction of sp³-hybridized carbons (Fsp3) is 0.304. The highest BCUT2D eigenvalue weighted by atomic mass is 19.1. The van der Waals surface area contributed by atoms with Crippen LogP contribution in [0.15, 0.2) is 35.3 Å². The third kappa shape index (κ3) is 3.15. The van der Waals surface area contributed by atoms with Crippen molar-refractivity contribution >= 4 is 16.9 Å². The number of aromatic nitrogens is 1. The van der Waals surface area contributed by atoms with Crippen LogP contribution in [-0.4, -0.2) is 40.6 Å². The van der Waals surface area contributed by atoms with Crippen molar-refractivity contribution in [2.75, 3.05) is 13.9 Å². The molecule has 0 unspecified atom stereocenters. The summed E-state index contributed by atoms with van der Waals surface area (Å²) in [5, 5.41) is 9.11. The van der Waals surface area contributed by atoms with Crippen LogP contribution in [0.2, 0.25) is 0 Å². The van der Waals surface area contributed by atoms with Gasteiger partial charge in [-0.3, -0.25) is 9.69 Å². The van der Waals surface area contributed by atoms with Crippen molar-refractivity contribution < 1.29 is 27.8 Å². The minimum absolute atomic E-state index is 0.0168. The SMILES string of the molecule is CN1Cc2ccc(-c3c(F)cc4c(=O)c(C(=O)O)cn([C@@H]5C[C@@H]5F)c4c3OCF)cc2C1. The molecule has 0 bridgehead atoms. The Morgan fingerprint density at radius 3 is 2.62 bits per heavy atom. The molecule has 5 rings (SSSR count). The van der Waals surface area contributed by atoms with E-state index in [1.807, 2.05) is 13.1 Å². The maximum absolute atomic E-state index is 15.4. The lowest BCUT2D eigenvalue weighted by molar-refractivity contribution is 0.0694. The summed E-state index contributed by atoms with van der Waals surface area (Å²) < 4.78 is 49.2. The third-order valence-electron chi connectivity index (χ3n) is 6.07. The van der Waals surface area contributed by atoms with E-state index in [9.17, 15) is 23.5 Å². The molecule has 6 nitrogen and oxygen atoms in total. The zero-order valence-corrected chi connectivity index (χ0v) is 17.1. The summed E-state index contributed by atoms with van der Waals surface area (Å²) in [5.74, 6) is -2.62. The number of nitrogens with zero attached hydrogens (tertiary/aromatic N) is 2. The van der Waals surface area contributed by atoms with Crippen LogP contribution in [0.3, 0.4) is 0 Å². The number of rotatable bonds is 5. The van der Waals surface area contributed by atoms with Gasteiger partial charge in [0.05, 0.1) is 22.5 Å². The van der Waals surface area contributed by atoms with Crippen LogP contribution in [0, 0.1) is 5.82 Å². The Morgan fingerprint density at radius 2 is 1.97 bits per heavy atom. The summed E-state index contributed by atoms with van der Waals surface area (Å²) in [5.41, 5.74) is 0.875. The van der Waals surface area contributed by atoms with Crippen molar-refractivity contribution in [2.45, 2.75) is 31.7 Å². The largest absolute Gasteiger partial charge is 0.477 e. The minimum atomic E-state index is -1.51. The first kappa shape index (κ1) is 20.6. The third-order valence-corrected chi connectivity index (χ3v) is 6.07. The van der Waals surface area contributed by atoms with Gasteiger partial charge in [0.15, 0.2) is 5.75 Å². The molecule has 2 aromatic carbocycles. The van der Waals surface area contributed by atoms with E-state index in [1.165, 1.54) is 4.57 Å². The van der Waals surface area contributed by atoms with Gasteiger partial charge in [-0.25, -0.2) is 18.0 Å². The Balaban J connectivity index is 1.84. The zero-order chi connectivity index (χ0) is 22.7. The Kier molecular flexibility index (Phi) is 4.74. The van der Waals surface area contributed by atoms with E-state index in [2.05, 4.69) is 4.90 Å². The van der Waals surface area contributed by atoms with E-state index in [4.69, 9.17) is 4.74 Å². The van der Waals surface area contributed by atoms with Gasteiger partial charge in [-0.05, 0) is 35.9 Å². The van der Waals surface area contributed by atoms with Gasteiger partial charge in [-0.2, -0.15) is 0 Å². The molecular formula is C23H19F3N2O4. The second kappa shape index (κ2) is 7.37. The van der Waals surface area contributed by atoms with Gasteiger partial charge in [0, 0.05) is 25.7 Å². The second-order valence-corrected chi connectivity index (χ2v) is 8.27. The summed E-state index contributed by atoms with van der Waals surface area (Å²) in [6.45, 7) is 0.106. The topological polar surface area (TPSA) is 71.8 Å². The monoisotopic (exact) mass is 444 g/mol. The highest BCUT2D eigenvalue weighted by Gasteiger charge is 2.41. The Labute approximate surface area is 180 Å². The van der Waals surface area contributed by atoms with Crippen LogP contribution >= 0.6 is 0 Å². The highest BCUT2D eigenvalue weighted by Crippen LogP contribution is 2.45. The van der Waals surface area contributed by atoms with E-state index in [0.29, 0.717) is 12.1 Å². The van der Waals surface area contributed by atoms with Crippen LogP contribution < -0.4 is 10.2 Å². The van der Waals surface area contributed by atoms with Crippen LogP contribution in [0.5, 0.6) is 5.75 Å². The first-order chi connectivity index (χ1) is 15.3. The Morgan fingerprint density at radius 1 is 1.25 bits per heavy atom. The molecular weight excluding hydrogens is 425 g/mol. The zero-order valence-electron chi connectivity index (χ0n) is 17.1. The molecule has 1 aliphatic heterocycles. The van der Waals surface area contributed by atoms with Gasteiger partial charge >= 0.3 is 5.97 Å². The molecule has 1 saturated carbocycles. The van der Waals surface area contributed by atoms with Gasteiger partial charge in [-0.15, -0.1) is 0 Å². The quantitative estimate of drug-likeness (QED) is 0.643. The first-order valence-corrected chi connectivity index (χ1v) is 10.1. The van der Waals surface area contributed by atoms with Gasteiger partial charge in [0.25, 0.3) is 0 Å². The summed E-state index contributed by atoms with van der Waals surface area (Å²) in [4.78, 5) is 26.4. The number of carbonyl (C=O) groups is 1. The number of ether oxygens (including phenoxy) is 1. The molecule has 0 spiro atoms. The minimum Gasteiger partial charge on any atom is -0.477 e. The molecule has 1 fully saturated rings. The van der Waals surface area contributed by atoms with Gasteiger partial charge < -0.3 is 14.4 Å². The first-order valence-electron chi connectivity index (χ1n) is 10.1. The van der Waals surface area contributed by atoms with E-state index in [-0.39, 0.29) is 28.6 Å². The van der Waals surface area contributed by atoms with Crippen molar-refractivity contribution in [3.8, 4) is 16.9 Å². The molecule has 1 aliphatic carbocycles. The molecule has 2 aliphatic rings. The average Bonchev–Trinajstić information content (AvgIpc) is 3.34. The lowest BCUT2D eigenvalue weighted by atomic mass is 9.97. The second-order valence-electron chi connectivity index (χ2n) is 8.27. The number of carboxylic acid groups (broad SMARTS) is 1. The van der Waals surface area contributed by atoms with Crippen LogP contribution in [0.1, 0.15) is 33.9 Å². The number of benzene rings is 2. The smallest absolute Gasteiger partial charge is 0.341 e. The van der Waals surface area contributed by atoms with E-state index in [0.717, 1.165) is 29.9 Å². The predicted molar refractivity (Wildman–Crippen MR) is 111 cm³/mol. The number of pyridine rings is 1. The molecule has 0 amide bonds. The van der Waals surface area contributed by atoms with Gasteiger partial charge in [0.1, 0.15) is 17.6 Å². The van der Waals surface area contributed by atoms with Crippen LogP contribution in [0.4, 0.5) is 13.2 Å². The summed E-state index contributed by atoms with van der Waals surface area (Å²) >= 11 is 0. The Bertz CT molecular complexity index is 1340. The molecule has 3 aromatic rings. The number of halogens is 3. The number of hydrogen-bond donors (Lipinski definition) is 1. The van der Waals surface area contributed by atoms with Gasteiger partial charge in [-0.1, -0.05) is 12.1 Å². The molecule has 0 radical (unpaired) electrons. The summed E-state index contributed by atoms with van der Waals surface area (Å²) in [7, 11) is 1.95. The maximum Gasteiger partial charge on any atom is 0.341 e. The van der Waals surface area contributed by atoms with E-state index >= 15 is 4.39 Å². The van der Waals surface area contributed by atoms with Crippen molar-refractivity contribution in [3.05, 3.63) is 63.2 Å². The lowest BCUT2D eigenvalue weighted by Gasteiger charge is -2.19. The molecule has 1 N–H and O–H groups in total. The number of hydrogen-bond acceptors (Lipinski definition) is 4. The number of fused-ring (bicyclic) bond motifs is 2. The van der Waals surface area contributed by atoms with E-state index < -0.39 is 41.9 Å². The number of alkyl halides is 2. The van der Waals surface area contributed by atoms with E-state index in [1.54, 1.807) is 12.1 Å². The highest BCUT2D eigenvalue weighted by molar-refractivity contribution is 5.98. The van der Waals surface area contributed by atoms with Crippen molar-refractivity contribution in [1.82, 2.24) is 9.47 Å². The fourth-order valence-corrected chi connectivity index (χ4v) is 4.49. The maximum atomic E-state index is 15.4. The fourth-order valence-electron chi connectivity index (χ4n) is 4.49. The lowest BCUT2D eigenvalue weighted by Crippen LogP contribution is -2.20. The molecule has 1 aromatic heterocycles. The normalized spacial score (nSPS) is 19.9. The van der Waals surface area contributed by atoms with Gasteiger partial charge in [0.2, 0.25) is 12.3 Å². The predicted octanol–water partition coefficient (Wildman–Crippen LogP) is 4.04. The van der Waals surface area contributed by atoms with Crippen molar-refractivity contribution in [1.29, 1.82) is 0 Å². The Hall–Kier alpha value is -3.33. The number of aromatic carboxylic acids is 1. The van der Waals surface area contributed by atoms with Crippen LogP contribution in [0.25, 0.3) is 22.0 Å². The number of carboxylic acids is 1. The summed E-state index contributed by atoms with van der Waals surface area (Å²) in [6, 6.07) is 5.52.